The Kier molecular flexibility index (Phi) is 3.87. The molecule has 0 aliphatic carbocycles. The molecule has 1 aromatic rings. The van der Waals surface area contributed by atoms with Crippen LogP contribution in [-0.2, 0) is 7.05 Å². The molecule has 78 valence electrons. The van der Waals surface area contributed by atoms with Gasteiger partial charge >= 0.3 is 0 Å². The highest BCUT2D eigenvalue weighted by Crippen LogP contribution is 2.10. The zero-order valence-electron chi connectivity index (χ0n) is 8.45. The Bertz CT molecular complexity index is 342. The smallest absolute Gasteiger partial charge is 0.147 e. The first-order valence-corrected chi connectivity index (χ1v) is 5.36. The van der Waals surface area contributed by atoms with Crippen LogP contribution in [0.4, 0.5) is 0 Å². The SMILES string of the molecule is CC(C)N=C(NN)c1cnn(C)c1I. The maximum absolute atomic E-state index is 5.41. The largest absolute Gasteiger partial charge is 0.308 e. The zero-order chi connectivity index (χ0) is 10.7. The van der Waals surface area contributed by atoms with Crippen molar-refractivity contribution in [2.24, 2.45) is 17.9 Å². The van der Waals surface area contributed by atoms with E-state index in [0.717, 1.165) is 9.26 Å². The number of halogens is 1. The van der Waals surface area contributed by atoms with Crippen molar-refractivity contribution in [1.29, 1.82) is 0 Å². The van der Waals surface area contributed by atoms with E-state index in [2.05, 4.69) is 38.1 Å². The third kappa shape index (κ3) is 2.44. The Morgan fingerprint density at radius 3 is 2.71 bits per heavy atom. The van der Waals surface area contributed by atoms with Crippen LogP contribution in [0.1, 0.15) is 19.4 Å². The highest BCUT2D eigenvalue weighted by atomic mass is 127. The van der Waals surface area contributed by atoms with E-state index in [-0.39, 0.29) is 6.04 Å². The van der Waals surface area contributed by atoms with Crippen molar-refractivity contribution < 1.29 is 0 Å². The molecule has 0 aliphatic rings. The highest BCUT2D eigenvalue weighted by molar-refractivity contribution is 14.1. The van der Waals surface area contributed by atoms with E-state index >= 15 is 0 Å². The van der Waals surface area contributed by atoms with E-state index in [4.69, 9.17) is 5.84 Å². The molecule has 0 fully saturated rings. The molecule has 1 rings (SSSR count). The van der Waals surface area contributed by atoms with Gasteiger partial charge in [0, 0.05) is 13.1 Å². The summed E-state index contributed by atoms with van der Waals surface area (Å²) in [5.41, 5.74) is 3.53. The fourth-order valence-corrected chi connectivity index (χ4v) is 1.54. The minimum absolute atomic E-state index is 0.206. The van der Waals surface area contributed by atoms with Gasteiger partial charge in [-0.05, 0) is 36.4 Å². The summed E-state index contributed by atoms with van der Waals surface area (Å²) in [5, 5.41) is 4.13. The lowest BCUT2D eigenvalue weighted by atomic mass is 10.3. The third-order valence-electron chi connectivity index (χ3n) is 1.65. The molecule has 0 aliphatic heterocycles. The van der Waals surface area contributed by atoms with E-state index in [1.165, 1.54) is 0 Å². The predicted octanol–water partition coefficient (Wildman–Crippen LogP) is 0.643. The first kappa shape index (κ1) is 11.4. The number of nitrogens with one attached hydrogen (secondary N) is 1. The summed E-state index contributed by atoms with van der Waals surface area (Å²) >= 11 is 2.21. The Balaban J connectivity index is 3.07. The first-order chi connectivity index (χ1) is 6.56. The Hall–Kier alpha value is -0.630. The van der Waals surface area contributed by atoms with Gasteiger partial charge in [-0.2, -0.15) is 5.10 Å². The molecule has 6 heteroatoms. The fraction of sp³-hybridized carbons (Fsp3) is 0.500. The van der Waals surface area contributed by atoms with Crippen molar-refractivity contribution >= 4 is 28.4 Å². The Morgan fingerprint density at radius 2 is 2.36 bits per heavy atom. The van der Waals surface area contributed by atoms with Gasteiger partial charge in [0.1, 0.15) is 9.54 Å². The van der Waals surface area contributed by atoms with Crippen LogP contribution in [0.2, 0.25) is 0 Å². The average Bonchev–Trinajstić information content (AvgIpc) is 2.44. The topological polar surface area (TPSA) is 68.2 Å². The minimum atomic E-state index is 0.206. The number of nitrogens with two attached hydrogens (primary N) is 1. The lowest BCUT2D eigenvalue weighted by Gasteiger charge is -2.06. The third-order valence-corrected chi connectivity index (χ3v) is 2.92. The monoisotopic (exact) mass is 307 g/mol. The molecule has 0 unspecified atom stereocenters. The van der Waals surface area contributed by atoms with Gasteiger partial charge in [-0.15, -0.1) is 0 Å². The number of aromatic nitrogens is 2. The molecule has 1 aromatic heterocycles. The first-order valence-electron chi connectivity index (χ1n) is 4.28. The second kappa shape index (κ2) is 4.74. The standard InChI is InChI=1S/C8H14IN5/c1-5(2)12-8(13-10)6-4-11-14(3)7(6)9/h4-5H,10H2,1-3H3,(H,12,13). The molecule has 0 radical (unpaired) electrons. The molecule has 0 aromatic carbocycles. The molecular formula is C8H14IN5. The average molecular weight is 307 g/mol. The molecule has 0 bridgehead atoms. The van der Waals surface area contributed by atoms with Gasteiger partial charge < -0.3 is 5.43 Å². The predicted molar refractivity (Wildman–Crippen MR) is 64.9 cm³/mol. The lowest BCUT2D eigenvalue weighted by Crippen LogP contribution is -2.32. The van der Waals surface area contributed by atoms with E-state index in [9.17, 15) is 0 Å². The van der Waals surface area contributed by atoms with Crippen LogP contribution in [0.3, 0.4) is 0 Å². The van der Waals surface area contributed by atoms with Crippen molar-refractivity contribution in [2.45, 2.75) is 19.9 Å². The van der Waals surface area contributed by atoms with E-state index in [0.29, 0.717) is 5.84 Å². The van der Waals surface area contributed by atoms with Crippen molar-refractivity contribution in [3.05, 3.63) is 15.5 Å². The van der Waals surface area contributed by atoms with Crippen LogP contribution in [-0.4, -0.2) is 21.7 Å². The number of amidine groups is 1. The van der Waals surface area contributed by atoms with Crippen LogP contribution >= 0.6 is 22.6 Å². The zero-order valence-corrected chi connectivity index (χ0v) is 10.6. The second-order valence-electron chi connectivity index (χ2n) is 3.19. The second-order valence-corrected chi connectivity index (χ2v) is 4.21. The summed E-state index contributed by atoms with van der Waals surface area (Å²) in [7, 11) is 1.88. The normalized spacial score (nSPS) is 12.3. The summed E-state index contributed by atoms with van der Waals surface area (Å²) in [4.78, 5) is 4.36. The van der Waals surface area contributed by atoms with Crippen molar-refractivity contribution in [3.63, 3.8) is 0 Å². The van der Waals surface area contributed by atoms with Gasteiger partial charge in [0.05, 0.1) is 11.8 Å². The van der Waals surface area contributed by atoms with Crippen molar-refractivity contribution in [1.82, 2.24) is 15.2 Å². The van der Waals surface area contributed by atoms with E-state index < -0.39 is 0 Å². The summed E-state index contributed by atoms with van der Waals surface area (Å²) < 4.78 is 2.79. The minimum Gasteiger partial charge on any atom is -0.308 e. The molecule has 3 N–H and O–H groups in total. The van der Waals surface area contributed by atoms with Gasteiger partial charge in [0.25, 0.3) is 0 Å². The maximum atomic E-state index is 5.41. The number of hydrogen-bond donors (Lipinski definition) is 2. The van der Waals surface area contributed by atoms with Gasteiger partial charge in [0.2, 0.25) is 0 Å². The lowest BCUT2D eigenvalue weighted by molar-refractivity contribution is 0.747. The fourth-order valence-electron chi connectivity index (χ4n) is 1.02. The van der Waals surface area contributed by atoms with Crippen LogP contribution in [0.25, 0.3) is 0 Å². The molecular weight excluding hydrogens is 293 g/mol. The van der Waals surface area contributed by atoms with Crippen molar-refractivity contribution in [3.8, 4) is 0 Å². The molecule has 0 amide bonds. The summed E-state index contributed by atoms with van der Waals surface area (Å²) in [6.45, 7) is 4.00. The number of rotatable bonds is 2. The van der Waals surface area contributed by atoms with Gasteiger partial charge in [-0.1, -0.05) is 0 Å². The molecule has 0 atom stereocenters. The molecule has 0 saturated carbocycles. The van der Waals surface area contributed by atoms with Crippen LogP contribution in [0.15, 0.2) is 11.2 Å². The van der Waals surface area contributed by atoms with Gasteiger partial charge in [-0.3, -0.25) is 9.67 Å². The van der Waals surface area contributed by atoms with Crippen LogP contribution in [0, 0.1) is 3.70 Å². The van der Waals surface area contributed by atoms with Crippen LogP contribution < -0.4 is 11.3 Å². The molecule has 5 nitrogen and oxygen atoms in total. The molecule has 0 saturated heterocycles. The van der Waals surface area contributed by atoms with Crippen LogP contribution in [0.5, 0.6) is 0 Å². The number of aryl methyl sites for hydroxylation is 1. The molecule has 0 spiro atoms. The maximum Gasteiger partial charge on any atom is 0.147 e. The highest BCUT2D eigenvalue weighted by Gasteiger charge is 2.11. The number of hydrazine groups is 1. The summed E-state index contributed by atoms with van der Waals surface area (Å²) in [5.74, 6) is 6.09. The summed E-state index contributed by atoms with van der Waals surface area (Å²) in [6, 6.07) is 0.206. The van der Waals surface area contributed by atoms with E-state index in [1.54, 1.807) is 10.9 Å². The number of hydrogen-bond acceptors (Lipinski definition) is 3. The van der Waals surface area contributed by atoms with Crippen molar-refractivity contribution in [2.75, 3.05) is 0 Å². The van der Waals surface area contributed by atoms with E-state index in [1.807, 2.05) is 20.9 Å². The quantitative estimate of drug-likeness (QED) is 0.277. The van der Waals surface area contributed by atoms with Gasteiger partial charge in [0.15, 0.2) is 0 Å². The van der Waals surface area contributed by atoms with Gasteiger partial charge in [-0.25, -0.2) is 5.84 Å². The Morgan fingerprint density at radius 1 is 1.71 bits per heavy atom. The number of nitrogens with zero attached hydrogens (tertiary/aromatic N) is 3. The number of aliphatic imine (C=N–C) groups is 1. The summed E-state index contributed by atoms with van der Waals surface area (Å²) in [6.07, 6.45) is 1.75. The molecule has 14 heavy (non-hydrogen) atoms. The molecule has 1 heterocycles. The Labute approximate surface area is 96.9 Å².